The van der Waals surface area contributed by atoms with Crippen LogP contribution in [0.3, 0.4) is 0 Å². The maximum atomic E-state index is 12.7. The Morgan fingerprint density at radius 1 is 1.03 bits per heavy atom. The fourth-order valence-electron chi connectivity index (χ4n) is 4.41. The minimum atomic E-state index is -4.79. The molecule has 188 valence electrons. The van der Waals surface area contributed by atoms with Gasteiger partial charge in [-0.15, -0.1) is 18.7 Å². The summed E-state index contributed by atoms with van der Waals surface area (Å²) in [5.74, 6) is -0.348. The smallest absolute Gasteiger partial charge is 0.406 e. The van der Waals surface area contributed by atoms with Crippen molar-refractivity contribution >= 4 is 12.1 Å². The van der Waals surface area contributed by atoms with Crippen LogP contribution < -0.4 is 26.0 Å². The van der Waals surface area contributed by atoms with Crippen molar-refractivity contribution in [1.82, 2.24) is 15.4 Å². The summed E-state index contributed by atoms with van der Waals surface area (Å²) >= 11 is 0. The van der Waals surface area contributed by atoms with E-state index in [-0.39, 0.29) is 11.3 Å². The van der Waals surface area contributed by atoms with Gasteiger partial charge < -0.3 is 24.4 Å². The topological polar surface area (TPSA) is 80.1 Å². The molecule has 8 nitrogen and oxygen atoms in total. The summed E-state index contributed by atoms with van der Waals surface area (Å²) < 4.78 is 43.2. The summed E-state index contributed by atoms with van der Waals surface area (Å²) in [5.41, 5.74) is 4.54. The first kappa shape index (κ1) is 23.9. The molecule has 2 aliphatic heterocycles. The second-order valence-corrected chi connectivity index (χ2v) is 8.53. The molecule has 0 spiro atoms. The van der Waals surface area contributed by atoms with E-state index in [1.165, 1.54) is 36.7 Å². The molecule has 5 rings (SSSR count). The predicted molar refractivity (Wildman–Crippen MR) is 128 cm³/mol. The highest BCUT2D eigenvalue weighted by Crippen LogP contribution is 2.34. The second-order valence-electron chi connectivity index (χ2n) is 8.53. The lowest BCUT2D eigenvalue weighted by molar-refractivity contribution is -0.274. The van der Waals surface area contributed by atoms with E-state index in [9.17, 15) is 18.0 Å². The molecule has 11 heteroatoms. The number of piperazine rings is 1. The molecule has 0 radical (unpaired) electrons. The van der Waals surface area contributed by atoms with Crippen molar-refractivity contribution in [3.63, 3.8) is 0 Å². The normalized spacial score (nSPS) is 19.8. The van der Waals surface area contributed by atoms with E-state index in [4.69, 9.17) is 4.84 Å². The Balaban J connectivity index is 1.44. The highest BCUT2D eigenvalue weighted by atomic mass is 19.4. The van der Waals surface area contributed by atoms with E-state index >= 15 is 0 Å². The molecule has 36 heavy (non-hydrogen) atoms. The number of nitrogens with zero attached hydrogens (tertiary/aromatic N) is 3. The van der Waals surface area contributed by atoms with Gasteiger partial charge in [0.05, 0.1) is 6.54 Å². The quantitative estimate of drug-likeness (QED) is 0.543. The van der Waals surface area contributed by atoms with Gasteiger partial charge >= 0.3 is 6.36 Å². The second kappa shape index (κ2) is 9.67. The van der Waals surface area contributed by atoms with Gasteiger partial charge in [0.1, 0.15) is 5.75 Å². The number of aromatic nitrogens is 1. The maximum Gasteiger partial charge on any atom is 0.573 e. The fraction of sp³-hybridized carbons (Fsp3) is 0.280. The van der Waals surface area contributed by atoms with Gasteiger partial charge in [-0.3, -0.25) is 4.79 Å². The molecule has 1 atom stereocenters. The summed E-state index contributed by atoms with van der Waals surface area (Å²) in [4.78, 5) is 24.6. The number of nitrogens with one attached hydrogen (secondary N) is 2. The lowest BCUT2D eigenvalue weighted by atomic mass is 9.93. The number of benzene rings is 2. The predicted octanol–water partition coefficient (Wildman–Crippen LogP) is 2.97. The van der Waals surface area contributed by atoms with Crippen LogP contribution in [0.4, 0.5) is 18.9 Å². The largest absolute Gasteiger partial charge is 0.573 e. The van der Waals surface area contributed by atoms with Crippen molar-refractivity contribution in [2.24, 2.45) is 4.99 Å². The van der Waals surface area contributed by atoms with Gasteiger partial charge in [0.2, 0.25) is 0 Å². The third-order valence-corrected chi connectivity index (χ3v) is 6.16. The van der Waals surface area contributed by atoms with E-state index in [0.29, 0.717) is 17.7 Å². The van der Waals surface area contributed by atoms with Crippen LogP contribution in [0.15, 0.2) is 76.6 Å². The van der Waals surface area contributed by atoms with Gasteiger partial charge in [0.15, 0.2) is 12.1 Å². The van der Waals surface area contributed by atoms with Crippen molar-refractivity contribution in [3.05, 3.63) is 93.9 Å². The van der Waals surface area contributed by atoms with E-state index in [0.717, 1.165) is 37.4 Å². The summed E-state index contributed by atoms with van der Waals surface area (Å²) in [6.45, 7) is 4.01. The third kappa shape index (κ3) is 5.07. The fourth-order valence-corrected chi connectivity index (χ4v) is 4.41. The van der Waals surface area contributed by atoms with Crippen LogP contribution in [0.2, 0.25) is 0 Å². The van der Waals surface area contributed by atoms with Crippen molar-refractivity contribution in [1.29, 1.82) is 0 Å². The number of halogens is 3. The maximum absolute atomic E-state index is 12.7. The zero-order valence-corrected chi connectivity index (χ0v) is 19.2. The molecule has 1 unspecified atom stereocenters. The van der Waals surface area contributed by atoms with Gasteiger partial charge in [0.25, 0.3) is 5.56 Å². The molecule has 0 aliphatic carbocycles. The monoisotopic (exact) mass is 499 g/mol. The molecule has 0 amide bonds. The van der Waals surface area contributed by atoms with Crippen molar-refractivity contribution in [2.45, 2.75) is 18.6 Å². The highest BCUT2D eigenvalue weighted by Gasteiger charge is 2.38. The Morgan fingerprint density at radius 2 is 1.78 bits per heavy atom. The number of aliphatic imine (C=N–C) groups is 1. The van der Waals surface area contributed by atoms with Gasteiger partial charge in [-0.25, -0.2) is 4.99 Å². The van der Waals surface area contributed by atoms with Gasteiger partial charge in [0, 0.05) is 55.3 Å². The number of hydroxylamine groups is 1. The molecular weight excluding hydrogens is 475 g/mol. The summed E-state index contributed by atoms with van der Waals surface area (Å²) in [5, 5.41) is 3.34. The summed E-state index contributed by atoms with van der Waals surface area (Å²) in [7, 11) is 0. The van der Waals surface area contributed by atoms with Crippen molar-refractivity contribution in [3.8, 4) is 5.75 Å². The van der Waals surface area contributed by atoms with Gasteiger partial charge in [-0.05, 0) is 35.9 Å². The molecule has 2 aromatic carbocycles. The Hall–Kier alpha value is -3.83. The Morgan fingerprint density at radius 3 is 2.47 bits per heavy atom. The highest BCUT2D eigenvalue weighted by molar-refractivity contribution is 5.54. The lowest BCUT2D eigenvalue weighted by Crippen LogP contribution is -2.43. The van der Waals surface area contributed by atoms with Crippen LogP contribution in [-0.4, -0.2) is 43.5 Å². The molecule has 1 saturated heterocycles. The van der Waals surface area contributed by atoms with Gasteiger partial charge in [-0.2, -0.15) is 0 Å². The number of pyridine rings is 1. The van der Waals surface area contributed by atoms with Crippen molar-refractivity contribution in [2.75, 3.05) is 31.1 Å². The molecule has 0 bridgehead atoms. The minimum absolute atomic E-state index is 0.196. The standard InChI is InChI=1S/C25H24F3N5O3/c26-25(27,28)36-22-7-4-19(5-8-22)24(30-17-35-31-24)20-6-9-23(34)33(16-20)15-18-2-1-3-21(14-18)32-12-10-29-11-13-32/h1-9,14,16-17,29,31H,10-13,15H2. The van der Waals surface area contributed by atoms with E-state index in [1.807, 2.05) is 12.1 Å². The molecule has 3 aromatic rings. The molecule has 2 aliphatic rings. The number of alkyl halides is 3. The van der Waals surface area contributed by atoms with Crippen LogP contribution in [-0.2, 0) is 17.0 Å². The lowest BCUT2D eigenvalue weighted by Gasteiger charge is -2.29. The number of ether oxygens (including phenoxy) is 1. The van der Waals surface area contributed by atoms with Crippen LogP contribution in [0.25, 0.3) is 0 Å². The SMILES string of the molecule is O=c1ccc(C2(c3ccc(OC(F)(F)F)cc3)N=CON2)cn1Cc1cccc(N2CCNCC2)c1. The van der Waals surface area contributed by atoms with E-state index < -0.39 is 12.0 Å². The number of hydrogen-bond acceptors (Lipinski definition) is 7. The van der Waals surface area contributed by atoms with E-state index in [2.05, 4.69) is 37.6 Å². The third-order valence-electron chi connectivity index (χ3n) is 6.16. The van der Waals surface area contributed by atoms with Crippen LogP contribution in [0.5, 0.6) is 5.75 Å². The Labute approximate surface area is 204 Å². The Bertz CT molecular complexity index is 1300. The number of hydrogen-bond donors (Lipinski definition) is 2. The molecule has 2 N–H and O–H groups in total. The molecular formula is C25H24F3N5O3. The zero-order valence-electron chi connectivity index (χ0n) is 19.2. The van der Waals surface area contributed by atoms with Crippen molar-refractivity contribution < 1.29 is 22.7 Å². The average molecular weight is 499 g/mol. The summed E-state index contributed by atoms with van der Waals surface area (Å²) in [6, 6.07) is 16.5. The van der Waals surface area contributed by atoms with Gasteiger partial charge in [-0.1, -0.05) is 24.3 Å². The molecule has 3 heterocycles. The van der Waals surface area contributed by atoms with Crippen LogP contribution in [0, 0.1) is 0 Å². The first-order valence-corrected chi connectivity index (χ1v) is 11.4. The minimum Gasteiger partial charge on any atom is -0.406 e. The summed E-state index contributed by atoms with van der Waals surface area (Å²) in [6.07, 6.45) is -1.89. The first-order chi connectivity index (χ1) is 17.3. The average Bonchev–Trinajstić information content (AvgIpc) is 3.37. The zero-order chi connectivity index (χ0) is 25.2. The number of anilines is 1. The number of rotatable bonds is 6. The Kier molecular flexibility index (Phi) is 6.42. The molecule has 0 saturated carbocycles. The van der Waals surface area contributed by atoms with Crippen LogP contribution in [0.1, 0.15) is 16.7 Å². The molecule has 1 aromatic heterocycles. The van der Waals surface area contributed by atoms with E-state index in [1.54, 1.807) is 16.8 Å². The first-order valence-electron chi connectivity index (χ1n) is 11.4. The van der Waals surface area contributed by atoms with Crippen LogP contribution >= 0.6 is 0 Å². The molecule has 1 fully saturated rings.